The minimum Gasteiger partial charge on any atom is -0.381 e. The molecule has 0 aromatic carbocycles. The lowest BCUT2D eigenvalue weighted by atomic mass is 9.67. The molecule has 17 heavy (non-hydrogen) atoms. The molecule has 1 atom stereocenters. The van der Waals surface area contributed by atoms with E-state index in [9.17, 15) is 4.79 Å². The molecule has 3 nitrogen and oxygen atoms in total. The summed E-state index contributed by atoms with van der Waals surface area (Å²) in [6, 6.07) is 0. The third-order valence-corrected chi connectivity index (χ3v) is 4.46. The van der Waals surface area contributed by atoms with Crippen LogP contribution in [0, 0.1) is 17.3 Å². The molecular weight excluding hydrogens is 214 g/mol. The van der Waals surface area contributed by atoms with Crippen molar-refractivity contribution in [3.05, 3.63) is 0 Å². The normalized spacial score (nSPS) is 26.4. The van der Waals surface area contributed by atoms with Crippen LogP contribution < -0.4 is 5.32 Å². The van der Waals surface area contributed by atoms with E-state index in [4.69, 9.17) is 4.74 Å². The highest BCUT2D eigenvalue weighted by Gasteiger charge is 2.34. The lowest BCUT2D eigenvalue weighted by molar-refractivity contribution is -0.129. The van der Waals surface area contributed by atoms with Gasteiger partial charge in [0.25, 0.3) is 0 Å². The largest absolute Gasteiger partial charge is 0.381 e. The Morgan fingerprint density at radius 1 is 1.29 bits per heavy atom. The Bertz CT molecular complexity index is 265. The molecular formula is C14H25NO2. The first kappa shape index (κ1) is 12.9. The van der Waals surface area contributed by atoms with Crippen molar-refractivity contribution >= 4 is 5.91 Å². The van der Waals surface area contributed by atoms with Gasteiger partial charge in [0.2, 0.25) is 5.91 Å². The molecule has 0 bridgehead atoms. The molecule has 1 aliphatic heterocycles. The molecule has 2 aliphatic rings. The van der Waals surface area contributed by atoms with Gasteiger partial charge in [0.15, 0.2) is 0 Å². The second-order valence-corrected chi connectivity index (χ2v) is 6.25. The summed E-state index contributed by atoms with van der Waals surface area (Å²) in [5.41, 5.74) is 0.253. The van der Waals surface area contributed by atoms with Crippen molar-refractivity contribution in [2.75, 3.05) is 19.8 Å². The second-order valence-electron chi connectivity index (χ2n) is 6.25. The van der Waals surface area contributed by atoms with E-state index in [2.05, 4.69) is 19.2 Å². The zero-order valence-electron chi connectivity index (χ0n) is 11.1. The Morgan fingerprint density at radius 3 is 2.59 bits per heavy atom. The molecule has 1 aliphatic carbocycles. The molecule has 2 fully saturated rings. The monoisotopic (exact) mass is 239 g/mol. The van der Waals surface area contributed by atoms with Crippen LogP contribution in [0.1, 0.15) is 46.0 Å². The molecule has 1 heterocycles. The van der Waals surface area contributed by atoms with Crippen molar-refractivity contribution in [1.29, 1.82) is 0 Å². The Labute approximate surface area is 104 Å². The van der Waals surface area contributed by atoms with Gasteiger partial charge < -0.3 is 10.1 Å². The van der Waals surface area contributed by atoms with Crippen molar-refractivity contribution in [3.8, 4) is 0 Å². The number of hydrogen-bond donors (Lipinski definition) is 1. The van der Waals surface area contributed by atoms with E-state index in [0.29, 0.717) is 6.61 Å². The van der Waals surface area contributed by atoms with Crippen LogP contribution in [0.4, 0.5) is 0 Å². The van der Waals surface area contributed by atoms with Crippen LogP contribution in [0.5, 0.6) is 0 Å². The van der Waals surface area contributed by atoms with Gasteiger partial charge >= 0.3 is 0 Å². The van der Waals surface area contributed by atoms with E-state index in [1.807, 2.05) is 0 Å². The van der Waals surface area contributed by atoms with Gasteiger partial charge in [-0.25, -0.2) is 0 Å². The zero-order valence-corrected chi connectivity index (χ0v) is 11.1. The predicted octanol–water partition coefficient (Wildman–Crippen LogP) is 2.36. The highest BCUT2D eigenvalue weighted by molar-refractivity contribution is 5.78. The maximum atomic E-state index is 12.0. The molecule has 0 aromatic heterocycles. The van der Waals surface area contributed by atoms with E-state index in [1.54, 1.807) is 0 Å². The Hall–Kier alpha value is -0.570. The van der Waals surface area contributed by atoms with Gasteiger partial charge in [0.1, 0.15) is 0 Å². The second kappa shape index (κ2) is 5.38. The minimum absolute atomic E-state index is 0.0842. The molecule has 1 saturated carbocycles. The fourth-order valence-corrected chi connectivity index (χ4v) is 2.74. The quantitative estimate of drug-likeness (QED) is 0.818. The summed E-state index contributed by atoms with van der Waals surface area (Å²) in [6.45, 7) is 6.78. The highest BCUT2D eigenvalue weighted by atomic mass is 16.5. The fraction of sp³-hybridized carbons (Fsp3) is 0.929. The summed E-state index contributed by atoms with van der Waals surface area (Å²) in [5.74, 6) is 1.07. The van der Waals surface area contributed by atoms with E-state index in [-0.39, 0.29) is 17.2 Å². The minimum atomic E-state index is 0.0842. The van der Waals surface area contributed by atoms with Crippen molar-refractivity contribution in [2.24, 2.45) is 17.3 Å². The first-order chi connectivity index (χ1) is 8.09. The smallest absolute Gasteiger partial charge is 0.225 e. The summed E-state index contributed by atoms with van der Waals surface area (Å²) >= 11 is 0. The molecule has 0 spiro atoms. The van der Waals surface area contributed by atoms with Crippen LogP contribution in [-0.4, -0.2) is 25.7 Å². The summed E-state index contributed by atoms with van der Waals surface area (Å²) < 4.78 is 5.35. The molecule has 1 N–H and O–H groups in total. The number of ether oxygens (including phenoxy) is 1. The molecule has 2 rings (SSSR count). The average Bonchev–Trinajstić information content (AvgIpc) is 2.24. The first-order valence-electron chi connectivity index (χ1n) is 6.95. The molecule has 0 unspecified atom stereocenters. The van der Waals surface area contributed by atoms with E-state index >= 15 is 0 Å². The summed E-state index contributed by atoms with van der Waals surface area (Å²) in [6.07, 6.45) is 6.02. The van der Waals surface area contributed by atoms with Gasteiger partial charge in [-0.05, 0) is 37.0 Å². The van der Waals surface area contributed by atoms with Gasteiger partial charge in [-0.2, -0.15) is 0 Å². The van der Waals surface area contributed by atoms with Crippen molar-refractivity contribution in [1.82, 2.24) is 5.32 Å². The number of nitrogens with one attached hydrogen (secondary N) is 1. The van der Waals surface area contributed by atoms with Crippen molar-refractivity contribution < 1.29 is 9.53 Å². The topological polar surface area (TPSA) is 38.3 Å². The van der Waals surface area contributed by atoms with E-state index < -0.39 is 0 Å². The van der Waals surface area contributed by atoms with Crippen molar-refractivity contribution in [3.63, 3.8) is 0 Å². The third kappa shape index (κ3) is 3.21. The molecule has 1 amide bonds. The summed E-state index contributed by atoms with van der Waals surface area (Å²) in [4.78, 5) is 12.0. The fourth-order valence-electron chi connectivity index (χ4n) is 2.74. The van der Waals surface area contributed by atoms with Crippen molar-refractivity contribution in [2.45, 2.75) is 46.0 Å². The zero-order chi connectivity index (χ0) is 12.3. The Balaban J connectivity index is 1.74. The van der Waals surface area contributed by atoms with Gasteiger partial charge in [0, 0.05) is 13.2 Å². The van der Waals surface area contributed by atoms with E-state index in [1.165, 1.54) is 19.3 Å². The summed E-state index contributed by atoms with van der Waals surface area (Å²) in [5, 5.41) is 3.12. The lowest BCUT2D eigenvalue weighted by Gasteiger charge is -2.40. The Morgan fingerprint density at radius 2 is 2.06 bits per heavy atom. The van der Waals surface area contributed by atoms with Crippen LogP contribution in [0.15, 0.2) is 0 Å². The molecule has 0 aromatic rings. The van der Waals surface area contributed by atoms with Crippen LogP contribution in [0.3, 0.4) is 0 Å². The Kier molecular flexibility index (Phi) is 4.08. The number of hydrogen-bond acceptors (Lipinski definition) is 2. The average molecular weight is 239 g/mol. The highest BCUT2D eigenvalue weighted by Crippen LogP contribution is 2.41. The van der Waals surface area contributed by atoms with Gasteiger partial charge in [0.05, 0.1) is 12.5 Å². The van der Waals surface area contributed by atoms with E-state index in [0.717, 1.165) is 31.9 Å². The lowest BCUT2D eigenvalue weighted by Crippen LogP contribution is -2.44. The van der Waals surface area contributed by atoms with Gasteiger partial charge in [-0.3, -0.25) is 4.79 Å². The summed E-state index contributed by atoms with van der Waals surface area (Å²) in [7, 11) is 0. The molecule has 3 heteroatoms. The number of rotatable bonds is 4. The maximum absolute atomic E-state index is 12.0. The van der Waals surface area contributed by atoms with Crippen LogP contribution in [0.2, 0.25) is 0 Å². The van der Waals surface area contributed by atoms with Crippen LogP contribution in [0.25, 0.3) is 0 Å². The predicted molar refractivity (Wildman–Crippen MR) is 67.7 cm³/mol. The number of carbonyl (C=O) groups is 1. The molecule has 1 saturated heterocycles. The van der Waals surface area contributed by atoms with Crippen LogP contribution >= 0.6 is 0 Å². The molecule has 0 radical (unpaired) electrons. The van der Waals surface area contributed by atoms with Gasteiger partial charge in [-0.15, -0.1) is 0 Å². The SMILES string of the molecule is CC(C)(CNC(=O)[C@@H]1CCCOC1)C1CCC1. The number of amides is 1. The number of carbonyl (C=O) groups excluding carboxylic acids is 1. The van der Waals surface area contributed by atoms with Gasteiger partial charge in [-0.1, -0.05) is 20.3 Å². The molecule has 98 valence electrons. The standard InChI is InChI=1S/C14H25NO2/c1-14(2,12-6-3-7-12)10-15-13(16)11-5-4-8-17-9-11/h11-12H,3-10H2,1-2H3,(H,15,16)/t11-/m1/s1. The first-order valence-corrected chi connectivity index (χ1v) is 6.95. The third-order valence-electron chi connectivity index (χ3n) is 4.46. The maximum Gasteiger partial charge on any atom is 0.225 e. The van der Waals surface area contributed by atoms with Crippen LogP contribution in [-0.2, 0) is 9.53 Å².